The monoisotopic (exact) mass is 527 g/mol. The summed E-state index contributed by atoms with van der Waals surface area (Å²) in [5, 5.41) is 19.9. The number of nitrogens with zero attached hydrogens (tertiary/aromatic N) is 6. The minimum atomic E-state index is -5.08. The Balaban J connectivity index is 0.000000505. The molecule has 2 heterocycles. The number of benzene rings is 2. The van der Waals surface area contributed by atoms with Crippen molar-refractivity contribution in [3.05, 3.63) is 60.3 Å². The SMILES string of the molecule is Cc1ccccc1N/C(=N\C#N)N1CCN(c2cnc3ccccc3n2)C[C@@H]1C(C)C.O=C(O)C(F)(F)F. The van der Waals surface area contributed by atoms with E-state index >= 15 is 0 Å². The summed E-state index contributed by atoms with van der Waals surface area (Å²) in [6.07, 6.45) is -1.26. The molecule has 1 atom stereocenters. The Hall–Kier alpha value is -4.40. The van der Waals surface area contributed by atoms with E-state index in [0.29, 0.717) is 11.9 Å². The average Bonchev–Trinajstić information content (AvgIpc) is 2.89. The summed E-state index contributed by atoms with van der Waals surface area (Å²) in [6.45, 7) is 8.73. The standard InChI is InChI=1S/C24H27N7.C2HF3O2/c1-17(2)22-15-30(23-14-26-20-10-6-7-11-21(20)28-23)12-13-31(22)24(27-16-25)29-19-9-5-4-8-18(19)3;3-2(4,5)1(6)7/h4-11,14,17,22H,12-13,15H2,1-3H3,(H,27,29);(H,6,7)/t22-;/m1./s1. The van der Waals surface area contributed by atoms with Crippen molar-refractivity contribution in [2.45, 2.75) is 33.0 Å². The smallest absolute Gasteiger partial charge is 0.475 e. The normalized spacial score (nSPS) is 16.1. The molecule has 0 bridgehead atoms. The van der Waals surface area contributed by atoms with Crippen LogP contribution >= 0.6 is 0 Å². The molecule has 9 nitrogen and oxygen atoms in total. The van der Waals surface area contributed by atoms with Crippen molar-refractivity contribution in [3.8, 4) is 6.19 Å². The molecule has 2 N–H and O–H groups in total. The number of aliphatic imine (C=N–C) groups is 1. The lowest BCUT2D eigenvalue weighted by molar-refractivity contribution is -0.192. The van der Waals surface area contributed by atoms with E-state index in [2.05, 4.69) is 38.9 Å². The van der Waals surface area contributed by atoms with E-state index in [1.54, 1.807) is 0 Å². The first kappa shape index (κ1) is 28.2. The Morgan fingerprint density at radius 2 is 1.79 bits per heavy atom. The average molecular weight is 528 g/mol. The molecule has 1 aromatic heterocycles. The number of nitriles is 1. The number of aliphatic carboxylic acids is 1. The molecule has 4 rings (SSSR count). The number of alkyl halides is 3. The summed E-state index contributed by atoms with van der Waals surface area (Å²) < 4.78 is 31.7. The van der Waals surface area contributed by atoms with Crippen LogP contribution in [0, 0.1) is 24.3 Å². The molecule has 0 amide bonds. The molecule has 38 heavy (non-hydrogen) atoms. The lowest BCUT2D eigenvalue weighted by Gasteiger charge is -2.45. The second kappa shape index (κ2) is 12.2. The van der Waals surface area contributed by atoms with Crippen LogP contribution in [0.3, 0.4) is 0 Å². The number of guanidine groups is 1. The van der Waals surface area contributed by atoms with Gasteiger partial charge >= 0.3 is 12.1 Å². The van der Waals surface area contributed by atoms with Crippen molar-refractivity contribution < 1.29 is 23.1 Å². The molecule has 0 saturated carbocycles. The molecule has 2 aromatic carbocycles. The minimum Gasteiger partial charge on any atom is -0.475 e. The Bertz CT molecular complexity index is 1340. The largest absolute Gasteiger partial charge is 0.490 e. The first-order valence-corrected chi connectivity index (χ1v) is 11.8. The molecular formula is C26H28F3N7O2. The van der Waals surface area contributed by atoms with Gasteiger partial charge in [0, 0.05) is 25.3 Å². The van der Waals surface area contributed by atoms with Crippen molar-refractivity contribution in [1.82, 2.24) is 14.9 Å². The van der Waals surface area contributed by atoms with E-state index in [1.807, 2.05) is 67.8 Å². The third-order valence-corrected chi connectivity index (χ3v) is 6.01. The van der Waals surface area contributed by atoms with Gasteiger partial charge in [0.15, 0.2) is 0 Å². The summed E-state index contributed by atoms with van der Waals surface area (Å²) in [5.74, 6) is -0.916. The van der Waals surface area contributed by atoms with Crippen molar-refractivity contribution in [2.75, 3.05) is 29.9 Å². The maximum atomic E-state index is 10.6. The number of carboxylic acids is 1. The molecule has 1 fully saturated rings. The van der Waals surface area contributed by atoms with Gasteiger partial charge < -0.3 is 20.2 Å². The summed E-state index contributed by atoms with van der Waals surface area (Å²) in [7, 11) is 0. The maximum Gasteiger partial charge on any atom is 0.490 e. The van der Waals surface area contributed by atoms with Gasteiger partial charge in [0.25, 0.3) is 0 Å². The number of carboxylic acid groups (broad SMARTS) is 1. The second-order valence-corrected chi connectivity index (χ2v) is 8.95. The number of fused-ring (bicyclic) bond motifs is 1. The van der Waals surface area contributed by atoms with Gasteiger partial charge in [0.2, 0.25) is 12.2 Å². The Labute approximate surface area is 218 Å². The molecule has 0 spiro atoms. The number of anilines is 2. The Kier molecular flexibility index (Phi) is 9.07. The zero-order valence-corrected chi connectivity index (χ0v) is 21.1. The van der Waals surface area contributed by atoms with E-state index < -0.39 is 12.1 Å². The van der Waals surface area contributed by atoms with Crippen LogP contribution in [0.2, 0.25) is 0 Å². The van der Waals surface area contributed by atoms with E-state index in [1.165, 1.54) is 0 Å². The van der Waals surface area contributed by atoms with Crippen LogP contribution in [0.25, 0.3) is 11.0 Å². The second-order valence-electron chi connectivity index (χ2n) is 8.95. The number of piperazine rings is 1. The summed E-state index contributed by atoms with van der Waals surface area (Å²) in [5.41, 5.74) is 3.87. The Morgan fingerprint density at radius 1 is 1.16 bits per heavy atom. The number of halogens is 3. The van der Waals surface area contributed by atoms with Crippen molar-refractivity contribution >= 4 is 34.5 Å². The minimum absolute atomic E-state index is 0.172. The first-order valence-electron chi connectivity index (χ1n) is 11.8. The molecular weight excluding hydrogens is 499 g/mol. The van der Waals surface area contributed by atoms with E-state index in [4.69, 9.17) is 14.9 Å². The highest BCUT2D eigenvalue weighted by molar-refractivity contribution is 5.95. The van der Waals surface area contributed by atoms with Crippen LogP contribution in [-0.4, -0.2) is 63.8 Å². The van der Waals surface area contributed by atoms with Crippen LogP contribution < -0.4 is 10.2 Å². The van der Waals surface area contributed by atoms with Gasteiger partial charge in [-0.25, -0.2) is 9.78 Å². The number of aromatic nitrogens is 2. The number of rotatable bonds is 3. The Morgan fingerprint density at radius 3 is 2.39 bits per heavy atom. The molecule has 3 aromatic rings. The molecule has 1 saturated heterocycles. The highest BCUT2D eigenvalue weighted by Crippen LogP contribution is 2.24. The van der Waals surface area contributed by atoms with Gasteiger partial charge in [-0.05, 0) is 36.6 Å². The molecule has 1 aliphatic rings. The molecule has 1 aliphatic heterocycles. The maximum absolute atomic E-state index is 10.6. The molecule has 0 radical (unpaired) electrons. The van der Waals surface area contributed by atoms with E-state index in [0.717, 1.165) is 47.7 Å². The number of aryl methyl sites for hydroxylation is 1. The summed E-state index contributed by atoms with van der Waals surface area (Å²) in [6, 6.07) is 16.1. The van der Waals surface area contributed by atoms with Gasteiger partial charge in [0.05, 0.1) is 23.3 Å². The predicted molar refractivity (Wildman–Crippen MR) is 139 cm³/mol. The highest BCUT2D eigenvalue weighted by atomic mass is 19.4. The van der Waals surface area contributed by atoms with Gasteiger partial charge in [-0.15, -0.1) is 4.99 Å². The van der Waals surface area contributed by atoms with Crippen LogP contribution in [0.4, 0.5) is 24.7 Å². The molecule has 12 heteroatoms. The number of para-hydroxylation sites is 3. The van der Waals surface area contributed by atoms with Gasteiger partial charge in [-0.3, -0.25) is 4.98 Å². The fourth-order valence-corrected chi connectivity index (χ4v) is 4.00. The van der Waals surface area contributed by atoms with E-state index in [9.17, 15) is 18.4 Å². The fraction of sp³-hybridized carbons (Fsp3) is 0.346. The number of hydrogen-bond acceptors (Lipinski definition) is 6. The van der Waals surface area contributed by atoms with Crippen molar-refractivity contribution in [2.24, 2.45) is 10.9 Å². The van der Waals surface area contributed by atoms with Gasteiger partial charge in [0.1, 0.15) is 5.82 Å². The number of hydrogen-bond donors (Lipinski definition) is 2. The molecule has 0 aliphatic carbocycles. The number of nitrogens with one attached hydrogen (secondary N) is 1. The third-order valence-electron chi connectivity index (χ3n) is 6.01. The topological polar surface area (TPSA) is 118 Å². The zero-order chi connectivity index (χ0) is 27.9. The van der Waals surface area contributed by atoms with Crippen LogP contribution in [-0.2, 0) is 4.79 Å². The quantitative estimate of drug-likeness (QED) is 0.287. The lowest BCUT2D eigenvalue weighted by atomic mass is 9.99. The molecule has 0 unspecified atom stereocenters. The highest BCUT2D eigenvalue weighted by Gasteiger charge is 2.38. The van der Waals surface area contributed by atoms with Gasteiger partial charge in [-0.2, -0.15) is 18.4 Å². The van der Waals surface area contributed by atoms with Crippen LogP contribution in [0.5, 0.6) is 0 Å². The number of carbonyl (C=O) groups is 1. The third kappa shape index (κ3) is 7.09. The molecule has 200 valence electrons. The van der Waals surface area contributed by atoms with Crippen LogP contribution in [0.1, 0.15) is 19.4 Å². The summed E-state index contributed by atoms with van der Waals surface area (Å²) in [4.78, 5) is 26.9. The lowest BCUT2D eigenvalue weighted by Crippen LogP contribution is -2.58. The fourth-order valence-electron chi connectivity index (χ4n) is 4.00. The van der Waals surface area contributed by atoms with Crippen molar-refractivity contribution in [3.63, 3.8) is 0 Å². The predicted octanol–water partition coefficient (Wildman–Crippen LogP) is 4.67. The van der Waals surface area contributed by atoms with E-state index in [-0.39, 0.29) is 6.04 Å². The summed E-state index contributed by atoms with van der Waals surface area (Å²) >= 11 is 0. The van der Waals surface area contributed by atoms with Crippen molar-refractivity contribution in [1.29, 1.82) is 5.26 Å². The van der Waals surface area contributed by atoms with Crippen LogP contribution in [0.15, 0.2) is 59.7 Å². The van der Waals surface area contributed by atoms with Gasteiger partial charge in [-0.1, -0.05) is 44.2 Å². The zero-order valence-electron chi connectivity index (χ0n) is 21.1. The first-order chi connectivity index (χ1) is 18.0.